The third-order valence-electron chi connectivity index (χ3n) is 10.2. The zero-order valence-corrected chi connectivity index (χ0v) is 33.0. The normalized spacial score (nSPS) is 20.6. The van der Waals surface area contributed by atoms with Crippen molar-refractivity contribution in [2.75, 3.05) is 75.4 Å². The molecule has 3 N–H and O–H groups in total. The van der Waals surface area contributed by atoms with Gasteiger partial charge in [0.25, 0.3) is 0 Å². The van der Waals surface area contributed by atoms with Crippen molar-refractivity contribution in [1.29, 1.82) is 0 Å². The molecule has 3 fully saturated rings. The Hall–Kier alpha value is -3.55. The number of esters is 1. The first-order valence-electron chi connectivity index (χ1n) is 19.5. The fraction of sp³-hybridized carbons (Fsp3) is 0.816. The van der Waals surface area contributed by atoms with Crippen LogP contribution in [0.1, 0.15) is 112 Å². The van der Waals surface area contributed by atoms with Crippen LogP contribution in [0.5, 0.6) is 0 Å². The van der Waals surface area contributed by atoms with Gasteiger partial charge in [-0.1, -0.05) is 19.3 Å². The van der Waals surface area contributed by atoms with Crippen LogP contribution in [-0.4, -0.2) is 126 Å². The maximum absolute atomic E-state index is 13.6. The number of aromatic nitrogens is 2. The molecule has 2 saturated carbocycles. The number of nitrogens with zero attached hydrogens (tertiary/aromatic N) is 6. The standard InChI is InChI=1S/C38H66N8O6/c1-37(2,3)51-35(48)45(29-12-9-8-10-13-29)19-11-20-46(36(49)52-38(4,5)6)30-16-14-28(15-17-30)27-40-34-41-31(39)26-32(42-34)44-24-22-43(23-25-44)21-18-33(47)50-7/h26,28-30H,8-25,27H2,1-7H3,(H3,39,40,41,42)/t28-,30+. The van der Waals surface area contributed by atoms with Gasteiger partial charge in [-0.15, -0.1) is 0 Å². The Labute approximate surface area is 311 Å². The molecule has 0 spiro atoms. The Morgan fingerprint density at radius 2 is 1.38 bits per heavy atom. The van der Waals surface area contributed by atoms with Crippen LogP contribution in [0.15, 0.2) is 6.07 Å². The summed E-state index contributed by atoms with van der Waals surface area (Å²) in [5, 5.41) is 3.44. The number of nitrogens with one attached hydrogen (secondary N) is 1. The topological polar surface area (TPSA) is 156 Å². The number of nitrogen functional groups attached to an aromatic ring is 1. The van der Waals surface area contributed by atoms with Gasteiger partial charge >= 0.3 is 18.2 Å². The van der Waals surface area contributed by atoms with Crippen LogP contribution in [-0.2, 0) is 19.0 Å². The van der Waals surface area contributed by atoms with E-state index < -0.39 is 11.2 Å². The van der Waals surface area contributed by atoms with Crippen LogP contribution in [0, 0.1) is 5.92 Å². The number of methoxy groups -OCH3 is 1. The monoisotopic (exact) mass is 731 g/mol. The molecule has 0 unspecified atom stereocenters. The highest BCUT2D eigenvalue weighted by Crippen LogP contribution is 2.30. The van der Waals surface area contributed by atoms with Crippen LogP contribution in [0.2, 0.25) is 0 Å². The Morgan fingerprint density at radius 3 is 1.92 bits per heavy atom. The minimum atomic E-state index is -0.602. The summed E-state index contributed by atoms with van der Waals surface area (Å²) in [5.41, 5.74) is 5.04. The first kappa shape index (κ1) is 41.2. The summed E-state index contributed by atoms with van der Waals surface area (Å²) in [5.74, 6) is 1.95. The molecule has 14 nitrogen and oxygen atoms in total. The highest BCUT2D eigenvalue weighted by Gasteiger charge is 2.34. The number of rotatable bonds is 13. The molecule has 14 heteroatoms. The number of hydrogen-bond donors (Lipinski definition) is 2. The number of anilines is 3. The molecule has 52 heavy (non-hydrogen) atoms. The summed E-state index contributed by atoms with van der Waals surface area (Å²) in [7, 11) is 1.42. The van der Waals surface area contributed by atoms with Gasteiger partial charge in [-0.05, 0) is 92.4 Å². The average Bonchev–Trinajstić information content (AvgIpc) is 3.09. The number of nitrogens with two attached hydrogens (primary N) is 1. The van der Waals surface area contributed by atoms with Crippen molar-refractivity contribution in [3.8, 4) is 0 Å². The molecular weight excluding hydrogens is 664 g/mol. The number of ether oxygens (including phenoxy) is 3. The second kappa shape index (κ2) is 19.0. The van der Waals surface area contributed by atoms with Crippen LogP contribution in [0.3, 0.4) is 0 Å². The van der Waals surface area contributed by atoms with Crippen molar-refractivity contribution in [1.82, 2.24) is 24.7 Å². The van der Waals surface area contributed by atoms with Gasteiger partial charge < -0.3 is 40.0 Å². The maximum Gasteiger partial charge on any atom is 0.410 e. The van der Waals surface area contributed by atoms with E-state index >= 15 is 0 Å². The molecule has 0 bridgehead atoms. The molecule has 1 saturated heterocycles. The van der Waals surface area contributed by atoms with Gasteiger partial charge in [-0.3, -0.25) is 9.69 Å². The number of amides is 2. The lowest BCUT2D eigenvalue weighted by Gasteiger charge is -2.39. The average molecular weight is 731 g/mol. The number of carbonyl (C=O) groups is 3. The Morgan fingerprint density at radius 1 is 0.827 bits per heavy atom. The molecule has 1 aromatic rings. The van der Waals surface area contributed by atoms with E-state index in [1.54, 1.807) is 0 Å². The minimum absolute atomic E-state index is 0.0669. The molecule has 1 aromatic heterocycles. The van der Waals surface area contributed by atoms with E-state index in [9.17, 15) is 14.4 Å². The highest BCUT2D eigenvalue weighted by atomic mass is 16.6. The van der Waals surface area contributed by atoms with Gasteiger partial charge in [0.1, 0.15) is 22.8 Å². The second-order valence-electron chi connectivity index (χ2n) is 16.7. The summed E-state index contributed by atoms with van der Waals surface area (Å²) in [4.78, 5) is 55.9. The minimum Gasteiger partial charge on any atom is -0.469 e. The molecule has 0 aromatic carbocycles. The van der Waals surface area contributed by atoms with E-state index in [1.807, 2.05) is 57.4 Å². The number of carbonyl (C=O) groups excluding carboxylic acids is 3. The Bertz CT molecular complexity index is 1300. The van der Waals surface area contributed by atoms with Crippen molar-refractivity contribution in [2.45, 2.75) is 135 Å². The van der Waals surface area contributed by atoms with E-state index in [0.717, 1.165) is 89.9 Å². The van der Waals surface area contributed by atoms with Gasteiger partial charge in [0, 0.05) is 70.5 Å². The molecule has 3 aliphatic rings. The lowest BCUT2D eigenvalue weighted by Crippen LogP contribution is -2.48. The van der Waals surface area contributed by atoms with Crippen LogP contribution >= 0.6 is 0 Å². The zero-order chi connectivity index (χ0) is 37.9. The van der Waals surface area contributed by atoms with Gasteiger partial charge in [0.05, 0.1) is 13.5 Å². The summed E-state index contributed by atoms with van der Waals surface area (Å²) < 4.78 is 16.5. The molecular formula is C38H66N8O6. The van der Waals surface area contributed by atoms with Crippen LogP contribution < -0.4 is 16.0 Å². The third-order valence-corrected chi connectivity index (χ3v) is 10.2. The number of hydrogen-bond acceptors (Lipinski definition) is 12. The first-order valence-corrected chi connectivity index (χ1v) is 19.5. The molecule has 0 radical (unpaired) electrons. The summed E-state index contributed by atoms with van der Waals surface area (Å²) in [6, 6.07) is 2.06. The van der Waals surface area contributed by atoms with E-state index in [0.29, 0.717) is 50.2 Å². The van der Waals surface area contributed by atoms with Crippen molar-refractivity contribution < 1.29 is 28.6 Å². The molecule has 1 aliphatic heterocycles. The van der Waals surface area contributed by atoms with Crippen molar-refractivity contribution in [3.05, 3.63) is 6.07 Å². The van der Waals surface area contributed by atoms with Crippen molar-refractivity contribution in [2.24, 2.45) is 5.92 Å². The molecule has 2 heterocycles. The molecule has 2 amide bonds. The van der Waals surface area contributed by atoms with Crippen molar-refractivity contribution >= 4 is 35.7 Å². The Kier molecular flexibility index (Phi) is 15.0. The highest BCUT2D eigenvalue weighted by molar-refractivity contribution is 5.70. The molecule has 0 atom stereocenters. The third kappa shape index (κ3) is 13.5. The Balaban J connectivity index is 1.30. The van der Waals surface area contributed by atoms with Crippen LogP contribution in [0.4, 0.5) is 27.2 Å². The quantitative estimate of drug-likeness (QED) is 0.183. The lowest BCUT2D eigenvalue weighted by molar-refractivity contribution is -0.141. The predicted octanol–water partition coefficient (Wildman–Crippen LogP) is 5.91. The number of piperazine rings is 1. The van der Waals surface area contributed by atoms with Crippen LogP contribution in [0.25, 0.3) is 0 Å². The smallest absolute Gasteiger partial charge is 0.410 e. The van der Waals surface area contributed by atoms with E-state index in [2.05, 4.69) is 20.1 Å². The summed E-state index contributed by atoms with van der Waals surface area (Å²) >= 11 is 0. The van der Waals surface area contributed by atoms with Crippen molar-refractivity contribution in [3.63, 3.8) is 0 Å². The van der Waals surface area contributed by atoms with E-state index in [1.165, 1.54) is 13.5 Å². The fourth-order valence-corrected chi connectivity index (χ4v) is 7.43. The molecule has 294 valence electrons. The second-order valence-corrected chi connectivity index (χ2v) is 16.7. The summed E-state index contributed by atoms with van der Waals surface area (Å²) in [6.45, 7) is 17.1. The van der Waals surface area contributed by atoms with Gasteiger partial charge in [-0.2, -0.15) is 9.97 Å². The fourth-order valence-electron chi connectivity index (χ4n) is 7.43. The van der Waals surface area contributed by atoms with Gasteiger partial charge in [0.2, 0.25) is 5.95 Å². The lowest BCUT2D eigenvalue weighted by atomic mass is 9.85. The predicted molar refractivity (Wildman–Crippen MR) is 203 cm³/mol. The van der Waals surface area contributed by atoms with E-state index in [-0.39, 0.29) is 30.2 Å². The van der Waals surface area contributed by atoms with E-state index in [4.69, 9.17) is 24.9 Å². The first-order chi connectivity index (χ1) is 24.6. The zero-order valence-electron chi connectivity index (χ0n) is 33.0. The van der Waals surface area contributed by atoms with Gasteiger partial charge in [-0.25, -0.2) is 9.59 Å². The SMILES string of the molecule is COC(=O)CCN1CCN(c2cc(N)nc(NC[C@H]3CC[C@@H](N(CCCN(C(=O)OC(C)(C)C)C4CCCCC4)C(=O)OC(C)(C)C)CC3)n2)CC1. The molecule has 2 aliphatic carbocycles. The van der Waals surface area contributed by atoms with Gasteiger partial charge in [0.15, 0.2) is 0 Å². The maximum atomic E-state index is 13.6. The molecule has 4 rings (SSSR count). The summed E-state index contributed by atoms with van der Waals surface area (Å²) in [6.07, 6.45) is 9.56. The largest absolute Gasteiger partial charge is 0.469 e.